The van der Waals surface area contributed by atoms with Crippen molar-refractivity contribution in [2.24, 2.45) is 10.7 Å². The second-order valence-electron chi connectivity index (χ2n) is 3.34. The molecule has 1 atom stereocenters. The minimum absolute atomic E-state index is 0.434. The number of primary amides is 1. The Labute approximate surface area is 92.9 Å². The number of isocyanates is 1. The molecule has 0 radical (unpaired) electrons. The largest absolute Gasteiger partial charge is 0.442 e. The lowest BCUT2D eigenvalue weighted by atomic mass is 10.1. The highest BCUT2D eigenvalue weighted by molar-refractivity contribution is 5.65. The summed E-state index contributed by atoms with van der Waals surface area (Å²) in [6.45, 7) is 3.52. The number of amides is 1. The van der Waals surface area contributed by atoms with E-state index in [1.807, 2.05) is 13.0 Å². The minimum Gasteiger partial charge on any atom is -0.442 e. The molecule has 1 aromatic carbocycles. The van der Waals surface area contributed by atoms with Crippen molar-refractivity contribution in [1.82, 2.24) is 0 Å². The fraction of sp³-hybridized carbons (Fsp3) is 0.273. The Bertz CT molecular complexity index is 451. The fourth-order valence-corrected chi connectivity index (χ4v) is 1.38. The van der Waals surface area contributed by atoms with Gasteiger partial charge in [-0.25, -0.2) is 9.59 Å². The summed E-state index contributed by atoms with van der Waals surface area (Å²) >= 11 is 0. The van der Waals surface area contributed by atoms with Crippen molar-refractivity contribution in [2.75, 3.05) is 0 Å². The summed E-state index contributed by atoms with van der Waals surface area (Å²) in [6.07, 6.45) is 0.0458. The third-order valence-corrected chi connectivity index (χ3v) is 2.08. The van der Waals surface area contributed by atoms with E-state index in [4.69, 9.17) is 10.5 Å². The zero-order chi connectivity index (χ0) is 12.1. The summed E-state index contributed by atoms with van der Waals surface area (Å²) < 4.78 is 4.81. The van der Waals surface area contributed by atoms with Crippen LogP contribution < -0.4 is 5.73 Å². The molecule has 0 aliphatic carbocycles. The lowest BCUT2D eigenvalue weighted by Gasteiger charge is -2.13. The molecule has 1 rings (SSSR count). The number of nitrogens with two attached hydrogens (primary N) is 1. The molecular weight excluding hydrogens is 208 g/mol. The van der Waals surface area contributed by atoms with Gasteiger partial charge in [-0.1, -0.05) is 12.1 Å². The van der Waals surface area contributed by atoms with Crippen LogP contribution >= 0.6 is 0 Å². The van der Waals surface area contributed by atoms with Crippen LogP contribution in [-0.4, -0.2) is 12.2 Å². The molecule has 5 nitrogen and oxygen atoms in total. The highest BCUT2D eigenvalue weighted by atomic mass is 16.6. The van der Waals surface area contributed by atoms with Crippen LogP contribution in [0.25, 0.3) is 0 Å². The molecule has 0 heterocycles. The highest BCUT2D eigenvalue weighted by Gasteiger charge is 2.13. The lowest BCUT2D eigenvalue weighted by molar-refractivity contribution is 0.117. The fourth-order valence-electron chi connectivity index (χ4n) is 1.38. The van der Waals surface area contributed by atoms with Gasteiger partial charge in [-0.15, -0.1) is 0 Å². The zero-order valence-electron chi connectivity index (χ0n) is 9.06. The zero-order valence-corrected chi connectivity index (χ0v) is 9.06. The number of nitrogens with zero attached hydrogens (tertiary/aromatic N) is 1. The van der Waals surface area contributed by atoms with Crippen LogP contribution in [0.2, 0.25) is 0 Å². The van der Waals surface area contributed by atoms with Crippen LogP contribution in [0, 0.1) is 6.92 Å². The van der Waals surface area contributed by atoms with Gasteiger partial charge in [0.1, 0.15) is 6.10 Å². The SMILES string of the molecule is Cc1ccc(C(C)OC(N)=O)c(N=C=O)c1. The first-order chi connectivity index (χ1) is 7.54. The molecule has 1 aromatic rings. The predicted octanol–water partition coefficient (Wildman–Crippen LogP) is 2.12. The molecule has 0 aliphatic heterocycles. The van der Waals surface area contributed by atoms with E-state index < -0.39 is 12.2 Å². The van der Waals surface area contributed by atoms with Gasteiger partial charge in [-0.3, -0.25) is 0 Å². The molecule has 0 fully saturated rings. The highest BCUT2D eigenvalue weighted by Crippen LogP contribution is 2.28. The second-order valence-corrected chi connectivity index (χ2v) is 3.34. The first kappa shape index (κ1) is 11.9. The van der Waals surface area contributed by atoms with Gasteiger partial charge in [0.05, 0.1) is 5.69 Å². The Morgan fingerprint density at radius 1 is 1.56 bits per heavy atom. The van der Waals surface area contributed by atoms with Gasteiger partial charge in [0.2, 0.25) is 6.08 Å². The maximum atomic E-state index is 10.6. The van der Waals surface area contributed by atoms with Gasteiger partial charge in [0.25, 0.3) is 0 Å². The normalized spacial score (nSPS) is 11.4. The second kappa shape index (κ2) is 5.09. The van der Waals surface area contributed by atoms with Crippen LogP contribution in [0.1, 0.15) is 24.2 Å². The van der Waals surface area contributed by atoms with Crippen LogP contribution in [0.5, 0.6) is 0 Å². The van der Waals surface area contributed by atoms with Crippen LogP contribution in [0.15, 0.2) is 23.2 Å². The van der Waals surface area contributed by atoms with Crippen molar-refractivity contribution in [3.05, 3.63) is 29.3 Å². The molecular formula is C11H12N2O3. The van der Waals surface area contributed by atoms with E-state index in [0.717, 1.165) is 5.56 Å². The molecule has 0 saturated heterocycles. The van der Waals surface area contributed by atoms with Gasteiger partial charge in [0.15, 0.2) is 0 Å². The van der Waals surface area contributed by atoms with E-state index in [2.05, 4.69) is 4.99 Å². The first-order valence-corrected chi connectivity index (χ1v) is 4.69. The van der Waals surface area contributed by atoms with Crippen molar-refractivity contribution >= 4 is 17.9 Å². The van der Waals surface area contributed by atoms with Crippen molar-refractivity contribution in [3.63, 3.8) is 0 Å². The van der Waals surface area contributed by atoms with Crippen LogP contribution in [0.3, 0.4) is 0 Å². The average Bonchev–Trinajstić information content (AvgIpc) is 2.17. The van der Waals surface area contributed by atoms with Gasteiger partial charge >= 0.3 is 6.09 Å². The molecule has 0 saturated carbocycles. The summed E-state index contributed by atoms with van der Waals surface area (Å²) in [5.74, 6) is 0. The van der Waals surface area contributed by atoms with Crippen molar-refractivity contribution in [1.29, 1.82) is 0 Å². The number of benzene rings is 1. The van der Waals surface area contributed by atoms with Gasteiger partial charge in [-0.2, -0.15) is 4.99 Å². The quantitative estimate of drug-likeness (QED) is 0.625. The topological polar surface area (TPSA) is 81.8 Å². The smallest absolute Gasteiger partial charge is 0.405 e. The van der Waals surface area contributed by atoms with Gasteiger partial charge in [-0.05, 0) is 25.5 Å². The lowest BCUT2D eigenvalue weighted by Crippen LogP contribution is -2.15. The Morgan fingerprint density at radius 3 is 2.81 bits per heavy atom. The van der Waals surface area contributed by atoms with Crippen molar-refractivity contribution < 1.29 is 14.3 Å². The molecule has 0 aliphatic rings. The molecule has 0 spiro atoms. The summed E-state index contributed by atoms with van der Waals surface area (Å²) in [7, 11) is 0. The number of hydrogen-bond donors (Lipinski definition) is 1. The van der Waals surface area contributed by atoms with E-state index in [1.54, 1.807) is 19.1 Å². The van der Waals surface area contributed by atoms with E-state index in [1.165, 1.54) is 6.08 Å². The Kier molecular flexibility index (Phi) is 3.80. The minimum atomic E-state index is -0.867. The number of ether oxygens (including phenoxy) is 1. The van der Waals surface area contributed by atoms with Crippen molar-refractivity contribution in [2.45, 2.75) is 20.0 Å². The number of aryl methyl sites for hydroxylation is 1. The molecule has 1 unspecified atom stereocenters. The molecule has 0 aromatic heterocycles. The standard InChI is InChI=1S/C11H12N2O3/c1-7-3-4-9(8(2)16-11(12)15)10(5-7)13-6-14/h3-5,8H,1-2H3,(H2,12,15). The number of hydrogen-bond acceptors (Lipinski definition) is 4. The maximum absolute atomic E-state index is 10.6. The number of rotatable bonds is 3. The number of carbonyl (C=O) groups excluding carboxylic acids is 2. The van der Waals surface area contributed by atoms with Crippen molar-refractivity contribution in [3.8, 4) is 0 Å². The molecule has 1 amide bonds. The monoisotopic (exact) mass is 220 g/mol. The predicted molar refractivity (Wildman–Crippen MR) is 58.0 cm³/mol. The third-order valence-electron chi connectivity index (χ3n) is 2.08. The molecule has 2 N–H and O–H groups in total. The Balaban J connectivity index is 3.11. The summed E-state index contributed by atoms with van der Waals surface area (Å²) in [6, 6.07) is 5.28. The summed E-state index contributed by atoms with van der Waals surface area (Å²) in [5, 5.41) is 0. The van der Waals surface area contributed by atoms with E-state index in [-0.39, 0.29) is 0 Å². The Hall–Kier alpha value is -2.13. The van der Waals surface area contributed by atoms with E-state index in [9.17, 15) is 9.59 Å². The number of carbonyl (C=O) groups is 1. The van der Waals surface area contributed by atoms with Gasteiger partial charge in [0, 0.05) is 5.56 Å². The first-order valence-electron chi connectivity index (χ1n) is 4.69. The average molecular weight is 220 g/mol. The number of aliphatic imine (C=N–C) groups is 1. The van der Waals surface area contributed by atoms with E-state index >= 15 is 0 Å². The van der Waals surface area contributed by atoms with E-state index in [0.29, 0.717) is 11.3 Å². The summed E-state index contributed by atoms with van der Waals surface area (Å²) in [4.78, 5) is 24.4. The Morgan fingerprint density at radius 2 is 2.25 bits per heavy atom. The van der Waals surface area contributed by atoms with Crippen LogP contribution in [0.4, 0.5) is 10.5 Å². The van der Waals surface area contributed by atoms with Crippen LogP contribution in [-0.2, 0) is 9.53 Å². The molecule has 84 valence electrons. The third kappa shape index (κ3) is 2.93. The van der Waals surface area contributed by atoms with Gasteiger partial charge < -0.3 is 10.5 Å². The molecule has 5 heteroatoms. The maximum Gasteiger partial charge on any atom is 0.405 e. The molecule has 0 bridgehead atoms. The molecule has 16 heavy (non-hydrogen) atoms. The summed E-state index contributed by atoms with van der Waals surface area (Å²) in [5.41, 5.74) is 6.92.